The monoisotopic (exact) mass is 320 g/mol. The maximum Gasteiger partial charge on any atom is 0.335 e. The van der Waals surface area contributed by atoms with Gasteiger partial charge in [-0.25, -0.2) is 4.79 Å². The molecule has 0 unspecified atom stereocenters. The Hall–Kier alpha value is -2.03. The Bertz CT molecular complexity index is 746. The summed E-state index contributed by atoms with van der Waals surface area (Å²) in [5.74, 6) is -4.01. The summed E-state index contributed by atoms with van der Waals surface area (Å²) in [5, 5.41) is 51.0. The van der Waals surface area contributed by atoms with E-state index in [-0.39, 0.29) is 5.56 Å². The standard InChI is InChI=1S/C16H16O7/c17-11-12(18)14(19)16(22,23-13(11)15(20)21)10-6-5-8-3-1-2-4-9(8)7-10/h1-7,11-14,17-19,22H,(H,20,21)/t11-,12-,13-,14+,16+/m0/s1. The fourth-order valence-corrected chi connectivity index (χ4v) is 2.78. The van der Waals surface area contributed by atoms with Crippen LogP contribution in [0.4, 0.5) is 0 Å². The zero-order valence-electron chi connectivity index (χ0n) is 11.9. The molecule has 0 aromatic heterocycles. The van der Waals surface area contributed by atoms with Crippen LogP contribution in [0.15, 0.2) is 42.5 Å². The molecular formula is C16H16O7. The molecule has 2 aromatic rings. The van der Waals surface area contributed by atoms with Gasteiger partial charge in [-0.05, 0) is 16.8 Å². The molecular weight excluding hydrogens is 304 g/mol. The fourth-order valence-electron chi connectivity index (χ4n) is 2.78. The number of carboxylic acids is 1. The number of aliphatic hydroxyl groups is 4. The van der Waals surface area contributed by atoms with Crippen LogP contribution in [-0.4, -0.2) is 55.9 Å². The maximum atomic E-state index is 11.2. The van der Waals surface area contributed by atoms with E-state index in [1.807, 2.05) is 12.1 Å². The van der Waals surface area contributed by atoms with E-state index < -0.39 is 36.2 Å². The zero-order chi connectivity index (χ0) is 16.8. The average Bonchev–Trinajstić information content (AvgIpc) is 2.55. The third-order valence-corrected chi connectivity index (χ3v) is 4.10. The molecule has 0 amide bonds. The fraction of sp³-hybridized carbons (Fsp3) is 0.312. The van der Waals surface area contributed by atoms with Crippen molar-refractivity contribution < 1.29 is 35.1 Å². The number of carbonyl (C=O) groups is 1. The number of rotatable bonds is 2. The molecule has 1 fully saturated rings. The van der Waals surface area contributed by atoms with Gasteiger partial charge in [-0.15, -0.1) is 0 Å². The first-order valence-electron chi connectivity index (χ1n) is 7.01. The minimum Gasteiger partial charge on any atom is -0.479 e. The predicted molar refractivity (Wildman–Crippen MR) is 78.4 cm³/mol. The van der Waals surface area contributed by atoms with Crippen molar-refractivity contribution in [3.8, 4) is 0 Å². The lowest BCUT2D eigenvalue weighted by molar-refractivity contribution is -0.349. The topological polar surface area (TPSA) is 127 Å². The summed E-state index contributed by atoms with van der Waals surface area (Å²) in [7, 11) is 0. The molecule has 0 bridgehead atoms. The highest BCUT2D eigenvalue weighted by molar-refractivity contribution is 5.83. The normalized spacial score (nSPS) is 34.4. The Morgan fingerprint density at radius 3 is 2.30 bits per heavy atom. The van der Waals surface area contributed by atoms with Gasteiger partial charge >= 0.3 is 5.97 Å². The molecule has 0 radical (unpaired) electrons. The van der Waals surface area contributed by atoms with Crippen LogP contribution in [0.5, 0.6) is 0 Å². The summed E-state index contributed by atoms with van der Waals surface area (Å²) in [4.78, 5) is 11.2. The molecule has 0 aliphatic carbocycles. The van der Waals surface area contributed by atoms with Crippen molar-refractivity contribution in [1.29, 1.82) is 0 Å². The third kappa shape index (κ3) is 2.48. The molecule has 7 nitrogen and oxygen atoms in total. The van der Waals surface area contributed by atoms with Gasteiger partial charge in [0.2, 0.25) is 5.79 Å². The van der Waals surface area contributed by atoms with Gasteiger partial charge in [0.1, 0.15) is 18.3 Å². The lowest BCUT2D eigenvalue weighted by Crippen LogP contribution is -2.64. The van der Waals surface area contributed by atoms with Gasteiger partial charge in [-0.2, -0.15) is 0 Å². The van der Waals surface area contributed by atoms with Crippen LogP contribution in [0.25, 0.3) is 10.8 Å². The van der Waals surface area contributed by atoms with Gasteiger partial charge < -0.3 is 30.3 Å². The van der Waals surface area contributed by atoms with Crippen molar-refractivity contribution in [2.24, 2.45) is 0 Å². The van der Waals surface area contributed by atoms with E-state index in [0.29, 0.717) is 0 Å². The Balaban J connectivity index is 2.08. The molecule has 0 saturated carbocycles. The third-order valence-electron chi connectivity index (χ3n) is 4.10. The molecule has 0 spiro atoms. The van der Waals surface area contributed by atoms with Crippen molar-refractivity contribution in [2.75, 3.05) is 0 Å². The molecule has 1 saturated heterocycles. The molecule has 1 aliphatic rings. The number of carboxylic acid groups (broad SMARTS) is 1. The van der Waals surface area contributed by atoms with Gasteiger partial charge in [0.05, 0.1) is 0 Å². The van der Waals surface area contributed by atoms with Crippen LogP contribution in [0.3, 0.4) is 0 Å². The van der Waals surface area contributed by atoms with E-state index in [2.05, 4.69) is 0 Å². The van der Waals surface area contributed by atoms with E-state index in [0.717, 1.165) is 10.8 Å². The summed E-state index contributed by atoms with van der Waals surface area (Å²) in [6, 6.07) is 11.9. The van der Waals surface area contributed by atoms with Crippen molar-refractivity contribution in [1.82, 2.24) is 0 Å². The van der Waals surface area contributed by atoms with Crippen LogP contribution < -0.4 is 0 Å². The summed E-state index contributed by atoms with van der Waals surface area (Å²) in [5.41, 5.74) is 0.0842. The van der Waals surface area contributed by atoms with E-state index >= 15 is 0 Å². The summed E-state index contributed by atoms with van der Waals surface area (Å²) < 4.78 is 5.06. The molecule has 1 aliphatic heterocycles. The quantitative estimate of drug-likeness (QED) is 0.507. The van der Waals surface area contributed by atoms with E-state index in [4.69, 9.17) is 9.84 Å². The summed E-state index contributed by atoms with van der Waals surface area (Å²) in [6.45, 7) is 0. The van der Waals surface area contributed by atoms with Crippen molar-refractivity contribution in [2.45, 2.75) is 30.2 Å². The predicted octanol–water partition coefficient (Wildman–Crippen LogP) is -0.449. The second kappa shape index (κ2) is 5.55. The van der Waals surface area contributed by atoms with Crippen LogP contribution in [-0.2, 0) is 15.3 Å². The lowest BCUT2D eigenvalue weighted by Gasteiger charge is -2.44. The van der Waals surface area contributed by atoms with Crippen LogP contribution in [0.1, 0.15) is 5.56 Å². The Morgan fingerprint density at radius 2 is 1.65 bits per heavy atom. The van der Waals surface area contributed by atoms with Gasteiger partial charge in [-0.3, -0.25) is 0 Å². The maximum absolute atomic E-state index is 11.2. The van der Waals surface area contributed by atoms with Gasteiger partial charge in [-0.1, -0.05) is 36.4 Å². The number of hydrogen-bond acceptors (Lipinski definition) is 6. The van der Waals surface area contributed by atoms with Crippen molar-refractivity contribution >= 4 is 16.7 Å². The molecule has 5 N–H and O–H groups in total. The SMILES string of the molecule is O=C(O)[C@H]1O[C@](O)(c2ccc3ccccc3c2)[C@H](O)[C@@H](O)[C@@H]1O. The van der Waals surface area contributed by atoms with E-state index in [9.17, 15) is 25.2 Å². The minimum atomic E-state index is -2.45. The molecule has 7 heteroatoms. The largest absolute Gasteiger partial charge is 0.479 e. The van der Waals surface area contributed by atoms with Gasteiger partial charge in [0.25, 0.3) is 0 Å². The number of aliphatic hydroxyl groups excluding tert-OH is 3. The van der Waals surface area contributed by atoms with Crippen molar-refractivity contribution in [3.05, 3.63) is 48.0 Å². The Morgan fingerprint density at radius 1 is 1.00 bits per heavy atom. The van der Waals surface area contributed by atoms with Crippen molar-refractivity contribution in [3.63, 3.8) is 0 Å². The van der Waals surface area contributed by atoms with Crippen LogP contribution >= 0.6 is 0 Å². The molecule has 5 atom stereocenters. The van der Waals surface area contributed by atoms with Crippen LogP contribution in [0, 0.1) is 0 Å². The average molecular weight is 320 g/mol. The van der Waals surface area contributed by atoms with E-state index in [1.165, 1.54) is 12.1 Å². The number of aliphatic carboxylic acids is 1. The smallest absolute Gasteiger partial charge is 0.335 e. The molecule has 2 aromatic carbocycles. The molecule has 122 valence electrons. The van der Waals surface area contributed by atoms with Crippen LogP contribution in [0.2, 0.25) is 0 Å². The van der Waals surface area contributed by atoms with Gasteiger partial charge in [0.15, 0.2) is 6.10 Å². The summed E-state index contributed by atoms with van der Waals surface area (Å²) in [6.07, 6.45) is -7.51. The van der Waals surface area contributed by atoms with E-state index in [1.54, 1.807) is 18.2 Å². The first-order valence-corrected chi connectivity index (χ1v) is 7.01. The number of fused-ring (bicyclic) bond motifs is 1. The molecule has 3 rings (SSSR count). The highest BCUT2D eigenvalue weighted by Crippen LogP contribution is 2.37. The highest BCUT2D eigenvalue weighted by atomic mass is 16.7. The van der Waals surface area contributed by atoms with Gasteiger partial charge in [0, 0.05) is 5.56 Å². The zero-order valence-corrected chi connectivity index (χ0v) is 11.9. The lowest BCUT2D eigenvalue weighted by atomic mass is 9.87. The Labute approximate surface area is 131 Å². The first kappa shape index (κ1) is 15.9. The Kier molecular flexibility index (Phi) is 3.83. The number of benzene rings is 2. The second-order valence-corrected chi connectivity index (χ2v) is 5.56. The highest BCUT2D eigenvalue weighted by Gasteiger charge is 2.55. The number of ether oxygens (including phenoxy) is 1. The second-order valence-electron chi connectivity index (χ2n) is 5.56. The molecule has 23 heavy (non-hydrogen) atoms. The summed E-state index contributed by atoms with van der Waals surface area (Å²) >= 11 is 0. The minimum absolute atomic E-state index is 0.0842. The number of hydrogen-bond donors (Lipinski definition) is 5. The molecule has 1 heterocycles. The first-order chi connectivity index (χ1) is 10.8.